The van der Waals surface area contributed by atoms with Crippen LogP contribution >= 0.6 is 0 Å². The quantitative estimate of drug-likeness (QED) is 0.827. The van der Waals surface area contributed by atoms with E-state index in [4.69, 9.17) is 10.5 Å². The fraction of sp³-hybridized carbons (Fsp3) is 0.533. The van der Waals surface area contributed by atoms with Crippen molar-refractivity contribution >= 4 is 5.69 Å². The third kappa shape index (κ3) is 3.51. The van der Waals surface area contributed by atoms with Crippen molar-refractivity contribution in [3.63, 3.8) is 0 Å². The lowest BCUT2D eigenvalue weighted by Gasteiger charge is -2.15. The van der Waals surface area contributed by atoms with Crippen molar-refractivity contribution in [2.24, 2.45) is 5.92 Å². The Kier molecular flexibility index (Phi) is 4.77. The summed E-state index contributed by atoms with van der Waals surface area (Å²) < 4.78 is 7.09. The van der Waals surface area contributed by atoms with Crippen LogP contribution in [-0.4, -0.2) is 27.3 Å². The lowest BCUT2D eigenvalue weighted by atomic mass is 10.0. The molecular formula is C15H23N5O. The Hall–Kier alpha value is -2.11. The van der Waals surface area contributed by atoms with Crippen molar-refractivity contribution < 1.29 is 4.74 Å². The predicted molar refractivity (Wildman–Crippen MR) is 83.0 cm³/mol. The van der Waals surface area contributed by atoms with Crippen LogP contribution in [0.3, 0.4) is 0 Å². The molecule has 1 aromatic carbocycles. The molecule has 114 valence electrons. The molecular weight excluding hydrogens is 266 g/mol. The molecule has 6 heteroatoms. The first-order valence-corrected chi connectivity index (χ1v) is 7.24. The number of rotatable bonds is 6. The van der Waals surface area contributed by atoms with E-state index in [9.17, 15) is 0 Å². The topological polar surface area (TPSA) is 78.8 Å². The van der Waals surface area contributed by atoms with Crippen molar-refractivity contribution in [1.82, 2.24) is 20.2 Å². The van der Waals surface area contributed by atoms with Gasteiger partial charge in [-0.15, -0.1) is 5.10 Å². The second-order valence-corrected chi connectivity index (χ2v) is 5.72. The third-order valence-electron chi connectivity index (χ3n) is 3.57. The summed E-state index contributed by atoms with van der Waals surface area (Å²) in [5.41, 5.74) is 7.51. The minimum atomic E-state index is 0.225. The molecule has 2 aromatic rings. The Labute approximate surface area is 125 Å². The van der Waals surface area contributed by atoms with Gasteiger partial charge in [-0.2, -0.15) is 0 Å². The van der Waals surface area contributed by atoms with Crippen LogP contribution in [0.25, 0.3) is 11.4 Å². The fourth-order valence-electron chi connectivity index (χ4n) is 2.22. The first-order valence-electron chi connectivity index (χ1n) is 7.24. The Balaban J connectivity index is 2.31. The maximum atomic E-state index is 6.06. The number of hydrogen-bond acceptors (Lipinski definition) is 5. The number of nitrogens with two attached hydrogens (primary N) is 1. The summed E-state index contributed by atoms with van der Waals surface area (Å²) in [4.78, 5) is 0. The summed E-state index contributed by atoms with van der Waals surface area (Å²) in [6.45, 7) is 6.55. The van der Waals surface area contributed by atoms with Crippen molar-refractivity contribution in [2.75, 3.05) is 12.8 Å². The van der Waals surface area contributed by atoms with Gasteiger partial charge in [0.05, 0.1) is 13.2 Å². The zero-order chi connectivity index (χ0) is 15.4. The van der Waals surface area contributed by atoms with Crippen LogP contribution in [0.15, 0.2) is 18.2 Å². The highest BCUT2D eigenvalue weighted by atomic mass is 16.5. The maximum Gasteiger partial charge on any atom is 0.184 e. The van der Waals surface area contributed by atoms with Crippen molar-refractivity contribution in [3.05, 3.63) is 18.2 Å². The van der Waals surface area contributed by atoms with Gasteiger partial charge in [-0.3, -0.25) is 0 Å². The number of nitrogens with zero attached hydrogens (tertiary/aromatic N) is 4. The van der Waals surface area contributed by atoms with Crippen molar-refractivity contribution in [1.29, 1.82) is 0 Å². The lowest BCUT2D eigenvalue weighted by Crippen LogP contribution is -2.11. The molecule has 2 N–H and O–H groups in total. The summed E-state index contributed by atoms with van der Waals surface area (Å²) in [6.07, 6.45) is 2.16. The second kappa shape index (κ2) is 6.56. The molecule has 0 aliphatic carbocycles. The van der Waals surface area contributed by atoms with E-state index in [0.717, 1.165) is 24.2 Å². The molecule has 1 aromatic heterocycles. The van der Waals surface area contributed by atoms with Crippen LogP contribution in [-0.2, 0) is 0 Å². The van der Waals surface area contributed by atoms with Crippen LogP contribution in [0.1, 0.15) is 39.7 Å². The summed E-state index contributed by atoms with van der Waals surface area (Å²) in [6, 6.07) is 5.73. The fourth-order valence-corrected chi connectivity index (χ4v) is 2.22. The third-order valence-corrected chi connectivity index (χ3v) is 3.57. The van der Waals surface area contributed by atoms with Gasteiger partial charge in [0.2, 0.25) is 0 Å². The van der Waals surface area contributed by atoms with Crippen LogP contribution in [0.2, 0.25) is 0 Å². The van der Waals surface area contributed by atoms with E-state index in [-0.39, 0.29) is 6.04 Å². The van der Waals surface area contributed by atoms with Crippen LogP contribution < -0.4 is 10.5 Å². The van der Waals surface area contributed by atoms with E-state index in [2.05, 4.69) is 36.3 Å². The van der Waals surface area contributed by atoms with E-state index < -0.39 is 0 Å². The van der Waals surface area contributed by atoms with Crippen molar-refractivity contribution in [3.8, 4) is 17.1 Å². The molecule has 0 saturated heterocycles. The zero-order valence-electron chi connectivity index (χ0n) is 13.1. The van der Waals surface area contributed by atoms with Gasteiger partial charge in [-0.1, -0.05) is 13.8 Å². The number of anilines is 1. The molecule has 0 aliphatic heterocycles. The first kappa shape index (κ1) is 15.3. The number of methoxy groups -OCH3 is 1. The molecule has 0 radical (unpaired) electrons. The molecule has 0 amide bonds. The summed E-state index contributed by atoms with van der Waals surface area (Å²) in [5, 5.41) is 12.1. The Morgan fingerprint density at radius 1 is 1.24 bits per heavy atom. The Bertz CT molecular complexity index is 593. The molecule has 1 heterocycles. The highest BCUT2D eigenvalue weighted by Gasteiger charge is 2.17. The average molecular weight is 289 g/mol. The van der Waals surface area contributed by atoms with Gasteiger partial charge in [-0.25, -0.2) is 4.68 Å². The van der Waals surface area contributed by atoms with E-state index in [0.29, 0.717) is 17.4 Å². The molecule has 0 spiro atoms. The van der Waals surface area contributed by atoms with Gasteiger partial charge >= 0.3 is 0 Å². The monoisotopic (exact) mass is 289 g/mol. The molecule has 0 aliphatic rings. The van der Waals surface area contributed by atoms with E-state index in [1.54, 1.807) is 7.11 Å². The van der Waals surface area contributed by atoms with Gasteiger partial charge in [-0.05, 0) is 54.3 Å². The zero-order valence-corrected chi connectivity index (χ0v) is 13.1. The minimum Gasteiger partial charge on any atom is -0.497 e. The highest BCUT2D eigenvalue weighted by molar-refractivity contribution is 5.73. The molecule has 21 heavy (non-hydrogen) atoms. The predicted octanol–water partition coefficient (Wildman–Crippen LogP) is 2.93. The average Bonchev–Trinajstić information content (AvgIpc) is 2.94. The summed E-state index contributed by atoms with van der Waals surface area (Å²) >= 11 is 0. The number of benzene rings is 1. The summed E-state index contributed by atoms with van der Waals surface area (Å²) in [5.74, 6) is 2.08. The maximum absolute atomic E-state index is 6.06. The molecule has 1 atom stereocenters. The molecule has 2 rings (SSSR count). The van der Waals surface area contributed by atoms with Crippen LogP contribution in [0.5, 0.6) is 5.75 Å². The summed E-state index contributed by atoms with van der Waals surface area (Å²) in [7, 11) is 1.63. The molecule has 6 nitrogen and oxygen atoms in total. The van der Waals surface area contributed by atoms with Gasteiger partial charge in [0, 0.05) is 11.3 Å². The van der Waals surface area contributed by atoms with E-state index in [1.165, 1.54) is 0 Å². The van der Waals surface area contributed by atoms with Crippen molar-refractivity contribution in [2.45, 2.75) is 39.7 Å². The number of tetrazole rings is 1. The van der Waals surface area contributed by atoms with E-state index in [1.807, 2.05) is 22.9 Å². The molecule has 0 bridgehead atoms. The minimum absolute atomic E-state index is 0.225. The van der Waals surface area contributed by atoms with Crippen LogP contribution in [0.4, 0.5) is 5.69 Å². The standard InChI is InChI=1S/C15H23N5O/c1-10(2)5-6-11(3)20-15(17-18-19-20)13-9-12(21-4)7-8-14(13)16/h7-11H,5-6,16H2,1-4H3. The largest absolute Gasteiger partial charge is 0.497 e. The first-order chi connectivity index (χ1) is 10.0. The number of ether oxygens (including phenoxy) is 1. The smallest absolute Gasteiger partial charge is 0.184 e. The van der Waals surface area contributed by atoms with E-state index >= 15 is 0 Å². The lowest BCUT2D eigenvalue weighted by molar-refractivity contribution is 0.406. The molecule has 0 saturated carbocycles. The van der Waals surface area contributed by atoms with Crippen LogP contribution in [0, 0.1) is 5.92 Å². The highest BCUT2D eigenvalue weighted by Crippen LogP contribution is 2.30. The Morgan fingerprint density at radius 2 is 2.00 bits per heavy atom. The normalized spacial score (nSPS) is 12.6. The van der Waals surface area contributed by atoms with Gasteiger partial charge in [0.25, 0.3) is 0 Å². The van der Waals surface area contributed by atoms with Gasteiger partial charge < -0.3 is 10.5 Å². The number of nitrogen functional groups attached to an aromatic ring is 1. The Morgan fingerprint density at radius 3 is 2.67 bits per heavy atom. The van der Waals surface area contributed by atoms with Gasteiger partial charge in [0.1, 0.15) is 5.75 Å². The molecule has 0 fully saturated rings. The second-order valence-electron chi connectivity index (χ2n) is 5.72. The number of aromatic nitrogens is 4. The van der Waals surface area contributed by atoms with Gasteiger partial charge in [0.15, 0.2) is 5.82 Å². The number of hydrogen-bond donors (Lipinski definition) is 1. The molecule has 1 unspecified atom stereocenters. The SMILES string of the molecule is COc1ccc(N)c(-c2nnnn2C(C)CCC(C)C)c1.